The molecule has 0 atom stereocenters. The van der Waals surface area contributed by atoms with Crippen molar-refractivity contribution in [2.45, 2.75) is 6.92 Å². The lowest BCUT2D eigenvalue weighted by atomic mass is 10.2. The van der Waals surface area contributed by atoms with Gasteiger partial charge in [0.15, 0.2) is 0 Å². The van der Waals surface area contributed by atoms with Gasteiger partial charge in [-0.2, -0.15) is 0 Å². The number of nitrogen functional groups attached to an aromatic ring is 1. The van der Waals surface area contributed by atoms with Crippen LogP contribution in [-0.4, -0.2) is 5.91 Å². The van der Waals surface area contributed by atoms with E-state index in [4.69, 9.17) is 5.73 Å². The highest BCUT2D eigenvalue weighted by atomic mass is 32.1. The van der Waals surface area contributed by atoms with Gasteiger partial charge in [-0.05, 0) is 60.3 Å². The van der Waals surface area contributed by atoms with Gasteiger partial charge in [-0.1, -0.05) is 0 Å². The fourth-order valence-corrected chi connectivity index (χ4v) is 3.11. The molecule has 3 N–H and O–H groups in total. The Hall–Kier alpha value is -2.40. The Balaban J connectivity index is 1.89. The third-order valence-electron chi connectivity index (χ3n) is 3.06. The molecule has 0 unspecified atom stereocenters. The zero-order chi connectivity index (χ0) is 15.0. The minimum absolute atomic E-state index is 0.250. The number of amides is 1. The number of nitrogens with one attached hydrogen (secondary N) is 1. The van der Waals surface area contributed by atoms with E-state index in [0.717, 1.165) is 15.6 Å². The Labute approximate surface area is 125 Å². The number of thiophene rings is 1. The van der Waals surface area contributed by atoms with E-state index < -0.39 is 0 Å². The summed E-state index contributed by atoms with van der Waals surface area (Å²) in [6.07, 6.45) is 0. The van der Waals surface area contributed by atoms with Crippen molar-refractivity contribution in [2.75, 3.05) is 11.1 Å². The number of carbonyl (C=O) groups is 1. The van der Waals surface area contributed by atoms with E-state index in [-0.39, 0.29) is 11.7 Å². The molecular weight excluding hydrogens is 287 g/mol. The van der Waals surface area contributed by atoms with Gasteiger partial charge in [0.1, 0.15) is 5.82 Å². The minimum atomic E-state index is -0.366. The molecule has 3 nitrogen and oxygen atoms in total. The Morgan fingerprint density at radius 2 is 2.00 bits per heavy atom. The van der Waals surface area contributed by atoms with Gasteiger partial charge in [0.05, 0.1) is 4.88 Å². The van der Waals surface area contributed by atoms with Gasteiger partial charge in [0, 0.05) is 16.1 Å². The zero-order valence-electron chi connectivity index (χ0n) is 11.3. The van der Waals surface area contributed by atoms with Gasteiger partial charge in [-0.25, -0.2) is 4.39 Å². The molecule has 5 heteroatoms. The molecule has 0 bridgehead atoms. The maximum absolute atomic E-state index is 13.3. The van der Waals surface area contributed by atoms with Crippen molar-refractivity contribution in [1.29, 1.82) is 0 Å². The second kappa shape index (κ2) is 5.18. The van der Waals surface area contributed by atoms with Crippen LogP contribution in [0.4, 0.5) is 15.8 Å². The SMILES string of the molecule is Cc1cc(F)cc(NC(=O)c2cc3cc(N)ccc3s2)c1. The van der Waals surface area contributed by atoms with Crippen molar-refractivity contribution < 1.29 is 9.18 Å². The summed E-state index contributed by atoms with van der Waals surface area (Å²) in [7, 11) is 0. The lowest BCUT2D eigenvalue weighted by Gasteiger charge is -2.04. The van der Waals surface area contributed by atoms with Crippen molar-refractivity contribution in [1.82, 2.24) is 0 Å². The normalized spacial score (nSPS) is 10.8. The number of nitrogens with two attached hydrogens (primary N) is 1. The summed E-state index contributed by atoms with van der Waals surface area (Å²) in [6.45, 7) is 1.78. The molecule has 1 heterocycles. The van der Waals surface area contributed by atoms with Crippen molar-refractivity contribution >= 4 is 38.7 Å². The molecule has 1 aromatic heterocycles. The van der Waals surface area contributed by atoms with Gasteiger partial charge in [-0.3, -0.25) is 4.79 Å². The Kier molecular flexibility index (Phi) is 3.35. The molecule has 0 aliphatic heterocycles. The highest BCUT2D eigenvalue weighted by molar-refractivity contribution is 7.20. The zero-order valence-corrected chi connectivity index (χ0v) is 12.1. The molecule has 3 aromatic rings. The van der Waals surface area contributed by atoms with Crippen LogP contribution >= 0.6 is 11.3 Å². The van der Waals surface area contributed by atoms with E-state index in [1.807, 2.05) is 12.1 Å². The van der Waals surface area contributed by atoms with E-state index >= 15 is 0 Å². The first-order valence-corrected chi connectivity index (χ1v) is 7.20. The van der Waals surface area contributed by atoms with Gasteiger partial charge in [0.25, 0.3) is 5.91 Å². The molecule has 21 heavy (non-hydrogen) atoms. The van der Waals surface area contributed by atoms with Gasteiger partial charge < -0.3 is 11.1 Å². The number of benzene rings is 2. The summed E-state index contributed by atoms with van der Waals surface area (Å²) >= 11 is 1.38. The molecule has 0 saturated heterocycles. The average Bonchev–Trinajstić information content (AvgIpc) is 2.80. The van der Waals surface area contributed by atoms with Crippen molar-refractivity contribution in [3.63, 3.8) is 0 Å². The average molecular weight is 300 g/mol. The van der Waals surface area contributed by atoms with Crippen molar-refractivity contribution in [2.24, 2.45) is 0 Å². The molecule has 106 valence electrons. The van der Waals surface area contributed by atoms with Crippen LogP contribution in [0.1, 0.15) is 15.2 Å². The van der Waals surface area contributed by atoms with E-state index in [1.165, 1.54) is 23.5 Å². The fraction of sp³-hybridized carbons (Fsp3) is 0.0625. The third kappa shape index (κ3) is 2.87. The number of hydrogen-bond acceptors (Lipinski definition) is 3. The van der Waals surface area contributed by atoms with E-state index in [1.54, 1.807) is 25.1 Å². The van der Waals surface area contributed by atoms with Crippen LogP contribution in [0.5, 0.6) is 0 Å². The minimum Gasteiger partial charge on any atom is -0.399 e. The fourth-order valence-electron chi connectivity index (χ4n) is 2.17. The first-order valence-electron chi connectivity index (χ1n) is 6.39. The Morgan fingerprint density at radius 1 is 1.19 bits per heavy atom. The predicted octanol–water partition coefficient (Wildman–Crippen LogP) is 4.18. The highest BCUT2D eigenvalue weighted by Crippen LogP contribution is 2.28. The lowest BCUT2D eigenvalue weighted by Crippen LogP contribution is -2.10. The van der Waals surface area contributed by atoms with Gasteiger partial charge in [-0.15, -0.1) is 11.3 Å². The molecule has 1 amide bonds. The summed E-state index contributed by atoms with van der Waals surface area (Å²) in [6, 6.07) is 11.8. The predicted molar refractivity (Wildman–Crippen MR) is 85.3 cm³/mol. The highest BCUT2D eigenvalue weighted by Gasteiger charge is 2.11. The molecular formula is C16H13FN2OS. The largest absolute Gasteiger partial charge is 0.399 e. The van der Waals surface area contributed by atoms with Gasteiger partial charge >= 0.3 is 0 Å². The van der Waals surface area contributed by atoms with Crippen molar-refractivity contribution in [3.8, 4) is 0 Å². The molecule has 0 saturated carbocycles. The maximum Gasteiger partial charge on any atom is 0.265 e. The smallest absolute Gasteiger partial charge is 0.265 e. The van der Waals surface area contributed by atoms with E-state index in [2.05, 4.69) is 5.32 Å². The van der Waals surface area contributed by atoms with Crippen LogP contribution in [-0.2, 0) is 0 Å². The van der Waals surface area contributed by atoms with E-state index in [0.29, 0.717) is 16.3 Å². The molecule has 0 spiro atoms. The lowest BCUT2D eigenvalue weighted by molar-refractivity contribution is 0.103. The molecule has 0 aliphatic carbocycles. The quantitative estimate of drug-likeness (QED) is 0.697. The van der Waals surface area contributed by atoms with E-state index in [9.17, 15) is 9.18 Å². The first-order chi connectivity index (χ1) is 10.0. The summed E-state index contributed by atoms with van der Waals surface area (Å²) in [5, 5.41) is 3.65. The number of fused-ring (bicyclic) bond motifs is 1. The molecule has 0 aliphatic rings. The summed E-state index contributed by atoms with van der Waals surface area (Å²) in [5.41, 5.74) is 7.60. The molecule has 2 aromatic carbocycles. The number of halogens is 1. The standard InChI is InChI=1S/C16H13FN2OS/c1-9-4-11(17)8-13(5-9)19-16(20)15-7-10-6-12(18)2-3-14(10)21-15/h2-8H,18H2,1H3,(H,19,20). The van der Waals surface area contributed by atoms with Gasteiger partial charge in [0.2, 0.25) is 0 Å². The summed E-state index contributed by atoms with van der Waals surface area (Å²) in [5.74, 6) is -0.616. The molecule has 3 rings (SSSR count). The number of aryl methyl sites for hydroxylation is 1. The van der Waals surface area contributed by atoms with Crippen LogP contribution in [0.2, 0.25) is 0 Å². The maximum atomic E-state index is 13.3. The summed E-state index contributed by atoms with van der Waals surface area (Å²) in [4.78, 5) is 12.8. The number of rotatable bonds is 2. The Morgan fingerprint density at radius 3 is 2.76 bits per heavy atom. The van der Waals surface area contributed by atoms with Crippen LogP contribution in [0, 0.1) is 12.7 Å². The summed E-state index contributed by atoms with van der Waals surface area (Å²) < 4.78 is 14.3. The van der Waals surface area contributed by atoms with Crippen LogP contribution in [0.15, 0.2) is 42.5 Å². The van der Waals surface area contributed by atoms with Crippen LogP contribution in [0.3, 0.4) is 0 Å². The molecule has 0 radical (unpaired) electrons. The first kappa shape index (κ1) is 13.6. The second-order valence-corrected chi connectivity index (χ2v) is 5.96. The number of hydrogen-bond donors (Lipinski definition) is 2. The number of carbonyl (C=O) groups excluding carboxylic acids is 1. The second-order valence-electron chi connectivity index (χ2n) is 4.88. The van der Waals surface area contributed by atoms with Crippen LogP contribution < -0.4 is 11.1 Å². The topological polar surface area (TPSA) is 55.1 Å². The number of anilines is 2. The monoisotopic (exact) mass is 300 g/mol. The molecule has 0 fully saturated rings. The van der Waals surface area contributed by atoms with Crippen molar-refractivity contribution in [3.05, 3.63) is 58.7 Å². The van der Waals surface area contributed by atoms with Crippen LogP contribution in [0.25, 0.3) is 10.1 Å². The Bertz CT molecular complexity index is 821. The third-order valence-corrected chi connectivity index (χ3v) is 4.18.